The molecule has 0 fully saturated rings. The summed E-state index contributed by atoms with van der Waals surface area (Å²) in [7, 11) is 0. The van der Waals surface area contributed by atoms with Crippen molar-refractivity contribution in [1.82, 2.24) is 0 Å². The highest BCUT2D eigenvalue weighted by Crippen LogP contribution is 2.41. The number of fused-ring (bicyclic) bond motifs is 1. The summed E-state index contributed by atoms with van der Waals surface area (Å²) in [6.07, 6.45) is -1.54. The summed E-state index contributed by atoms with van der Waals surface area (Å²) in [5.41, 5.74) is 1.06. The SMILES string of the molecule is CC(C)c1c(C(O)C(=O)O)ccc2c1OCCO2. The second-order valence-electron chi connectivity index (χ2n) is 4.49. The van der Waals surface area contributed by atoms with Crippen LogP contribution in [0.15, 0.2) is 12.1 Å². The van der Waals surface area contributed by atoms with Crippen molar-refractivity contribution < 1.29 is 24.5 Å². The first-order valence-corrected chi connectivity index (χ1v) is 5.85. The average molecular weight is 252 g/mol. The first-order valence-electron chi connectivity index (χ1n) is 5.85. The number of aliphatic hydroxyl groups is 1. The lowest BCUT2D eigenvalue weighted by atomic mass is 9.92. The normalized spacial score (nSPS) is 15.6. The molecule has 1 atom stereocenters. The fourth-order valence-electron chi connectivity index (χ4n) is 2.12. The van der Waals surface area contributed by atoms with Crippen LogP contribution < -0.4 is 9.47 Å². The molecule has 1 aliphatic heterocycles. The Morgan fingerprint density at radius 2 is 1.94 bits per heavy atom. The van der Waals surface area contributed by atoms with Crippen LogP contribution in [0.1, 0.15) is 37.0 Å². The Morgan fingerprint density at radius 1 is 1.28 bits per heavy atom. The highest BCUT2D eigenvalue weighted by Gasteiger charge is 2.27. The zero-order valence-corrected chi connectivity index (χ0v) is 10.3. The molecule has 1 aliphatic rings. The summed E-state index contributed by atoms with van der Waals surface area (Å²) in [5, 5.41) is 18.7. The molecule has 0 bridgehead atoms. The highest BCUT2D eigenvalue weighted by atomic mass is 16.6. The number of carbonyl (C=O) groups is 1. The lowest BCUT2D eigenvalue weighted by Crippen LogP contribution is -2.20. The third kappa shape index (κ3) is 2.13. The van der Waals surface area contributed by atoms with E-state index in [1.807, 2.05) is 13.8 Å². The summed E-state index contributed by atoms with van der Waals surface area (Å²) in [6.45, 7) is 4.75. The van der Waals surface area contributed by atoms with Crippen molar-refractivity contribution in [3.63, 3.8) is 0 Å². The zero-order chi connectivity index (χ0) is 13.3. The van der Waals surface area contributed by atoms with E-state index < -0.39 is 12.1 Å². The Balaban J connectivity index is 2.56. The van der Waals surface area contributed by atoms with Crippen LogP contribution in [-0.4, -0.2) is 29.4 Å². The standard InChI is InChI=1S/C13H16O5/c1-7(2)10-8(11(14)13(15)16)3-4-9-12(10)18-6-5-17-9/h3-4,7,11,14H,5-6H2,1-2H3,(H,15,16). The molecule has 5 heteroatoms. The van der Waals surface area contributed by atoms with Crippen molar-refractivity contribution in [3.8, 4) is 11.5 Å². The maximum absolute atomic E-state index is 10.9. The monoisotopic (exact) mass is 252 g/mol. The van der Waals surface area contributed by atoms with Gasteiger partial charge in [0.1, 0.15) is 13.2 Å². The van der Waals surface area contributed by atoms with Gasteiger partial charge in [0.25, 0.3) is 0 Å². The molecule has 18 heavy (non-hydrogen) atoms. The van der Waals surface area contributed by atoms with Gasteiger partial charge in [-0.1, -0.05) is 19.9 Å². The molecule has 1 aromatic carbocycles. The number of hydrogen-bond acceptors (Lipinski definition) is 4. The Morgan fingerprint density at radius 3 is 2.56 bits per heavy atom. The topological polar surface area (TPSA) is 76.0 Å². The van der Waals surface area contributed by atoms with Gasteiger partial charge in [0, 0.05) is 5.56 Å². The largest absolute Gasteiger partial charge is 0.486 e. The lowest BCUT2D eigenvalue weighted by molar-refractivity contribution is -0.147. The first kappa shape index (κ1) is 12.7. The number of hydrogen-bond donors (Lipinski definition) is 2. The van der Waals surface area contributed by atoms with Gasteiger partial charge in [0.15, 0.2) is 17.6 Å². The molecule has 0 spiro atoms. The Hall–Kier alpha value is -1.75. The van der Waals surface area contributed by atoms with E-state index in [0.717, 1.165) is 0 Å². The number of carboxylic acid groups (broad SMARTS) is 1. The van der Waals surface area contributed by atoms with Crippen LogP contribution in [-0.2, 0) is 4.79 Å². The fourth-order valence-corrected chi connectivity index (χ4v) is 2.12. The maximum atomic E-state index is 10.9. The van der Waals surface area contributed by atoms with E-state index in [9.17, 15) is 9.90 Å². The maximum Gasteiger partial charge on any atom is 0.337 e. The van der Waals surface area contributed by atoms with Gasteiger partial charge in [-0.2, -0.15) is 0 Å². The third-order valence-electron chi connectivity index (χ3n) is 2.89. The van der Waals surface area contributed by atoms with Crippen LogP contribution in [0.25, 0.3) is 0 Å². The van der Waals surface area contributed by atoms with Crippen LogP contribution in [0.2, 0.25) is 0 Å². The van der Waals surface area contributed by atoms with Gasteiger partial charge in [0.2, 0.25) is 0 Å². The van der Waals surface area contributed by atoms with Crippen molar-refractivity contribution in [2.24, 2.45) is 0 Å². The van der Waals surface area contributed by atoms with Crippen molar-refractivity contribution in [1.29, 1.82) is 0 Å². The quantitative estimate of drug-likeness (QED) is 0.856. The van der Waals surface area contributed by atoms with E-state index in [-0.39, 0.29) is 5.92 Å². The number of aliphatic hydroxyl groups excluding tert-OH is 1. The zero-order valence-electron chi connectivity index (χ0n) is 10.3. The summed E-state index contributed by atoms with van der Waals surface area (Å²) in [6, 6.07) is 3.23. The molecular formula is C13H16O5. The highest BCUT2D eigenvalue weighted by molar-refractivity contribution is 5.75. The molecule has 0 aliphatic carbocycles. The van der Waals surface area contributed by atoms with Crippen LogP contribution in [0.3, 0.4) is 0 Å². The summed E-state index contributed by atoms with van der Waals surface area (Å²) < 4.78 is 11.0. The molecule has 0 radical (unpaired) electrons. The van der Waals surface area contributed by atoms with Gasteiger partial charge in [-0.05, 0) is 17.5 Å². The number of benzene rings is 1. The number of aliphatic carboxylic acids is 1. The lowest BCUT2D eigenvalue weighted by Gasteiger charge is -2.25. The predicted octanol–water partition coefficient (Wildman–Crippen LogP) is 1.70. The van der Waals surface area contributed by atoms with E-state index in [0.29, 0.717) is 35.8 Å². The van der Waals surface area contributed by atoms with Gasteiger partial charge in [-0.3, -0.25) is 0 Å². The Labute approximate surface area is 105 Å². The average Bonchev–Trinajstić information content (AvgIpc) is 2.36. The molecule has 1 aromatic rings. The molecule has 0 saturated heterocycles. The minimum Gasteiger partial charge on any atom is -0.486 e. The van der Waals surface area contributed by atoms with E-state index in [1.165, 1.54) is 0 Å². The van der Waals surface area contributed by atoms with Crippen molar-refractivity contribution >= 4 is 5.97 Å². The number of ether oxygens (including phenoxy) is 2. The molecule has 2 N–H and O–H groups in total. The van der Waals surface area contributed by atoms with E-state index in [1.54, 1.807) is 12.1 Å². The molecule has 1 heterocycles. The minimum atomic E-state index is -1.54. The molecule has 98 valence electrons. The summed E-state index contributed by atoms with van der Waals surface area (Å²) >= 11 is 0. The Kier molecular flexibility index (Phi) is 3.43. The van der Waals surface area contributed by atoms with Gasteiger partial charge in [-0.15, -0.1) is 0 Å². The summed E-state index contributed by atoms with van der Waals surface area (Å²) in [5.74, 6) is -0.0837. The number of rotatable bonds is 3. The van der Waals surface area contributed by atoms with Gasteiger partial charge in [0.05, 0.1) is 0 Å². The molecule has 0 saturated carbocycles. The van der Waals surface area contributed by atoms with Crippen LogP contribution >= 0.6 is 0 Å². The molecule has 2 rings (SSSR count). The van der Waals surface area contributed by atoms with Crippen molar-refractivity contribution in [3.05, 3.63) is 23.3 Å². The van der Waals surface area contributed by atoms with Crippen molar-refractivity contribution in [2.75, 3.05) is 13.2 Å². The van der Waals surface area contributed by atoms with Crippen molar-refractivity contribution in [2.45, 2.75) is 25.9 Å². The fraction of sp³-hybridized carbons (Fsp3) is 0.462. The second-order valence-corrected chi connectivity index (χ2v) is 4.49. The van der Waals surface area contributed by atoms with Gasteiger partial charge in [-0.25, -0.2) is 4.79 Å². The molecule has 0 amide bonds. The smallest absolute Gasteiger partial charge is 0.337 e. The predicted molar refractivity (Wildman–Crippen MR) is 64.1 cm³/mol. The Bertz CT molecular complexity index is 467. The minimum absolute atomic E-state index is 0.0330. The van der Waals surface area contributed by atoms with E-state index in [2.05, 4.69) is 0 Å². The van der Waals surface area contributed by atoms with Crippen LogP contribution in [0.4, 0.5) is 0 Å². The molecular weight excluding hydrogens is 236 g/mol. The van der Waals surface area contributed by atoms with Gasteiger partial charge < -0.3 is 19.7 Å². The molecule has 0 aromatic heterocycles. The van der Waals surface area contributed by atoms with Crippen LogP contribution in [0.5, 0.6) is 11.5 Å². The van der Waals surface area contributed by atoms with Crippen LogP contribution in [0, 0.1) is 0 Å². The summed E-state index contributed by atoms with van der Waals surface area (Å²) in [4.78, 5) is 10.9. The van der Waals surface area contributed by atoms with Gasteiger partial charge >= 0.3 is 5.97 Å². The van der Waals surface area contributed by atoms with E-state index in [4.69, 9.17) is 14.6 Å². The molecule has 1 unspecified atom stereocenters. The second kappa shape index (κ2) is 4.86. The number of carboxylic acids is 1. The molecule has 5 nitrogen and oxygen atoms in total. The first-order chi connectivity index (χ1) is 8.52. The third-order valence-corrected chi connectivity index (χ3v) is 2.89. The van der Waals surface area contributed by atoms with E-state index >= 15 is 0 Å².